The maximum Gasteiger partial charge on any atom is 0.326 e. The molecule has 0 bridgehead atoms. The number of amides is 3. The highest BCUT2D eigenvalue weighted by Gasteiger charge is 2.22. The van der Waals surface area contributed by atoms with Gasteiger partial charge in [0.15, 0.2) is 1.41 Å². The third kappa shape index (κ3) is 11.7. The summed E-state index contributed by atoms with van der Waals surface area (Å²) in [6, 6.07) is -2.48. The minimum absolute atomic E-state index is 0.0681. The lowest BCUT2D eigenvalue weighted by atomic mass is 10.1. The van der Waals surface area contributed by atoms with E-state index >= 15 is 0 Å². The van der Waals surface area contributed by atoms with Crippen LogP contribution in [0.15, 0.2) is 12.2 Å². The summed E-state index contributed by atoms with van der Waals surface area (Å²) >= 11 is 0. The Kier molecular flexibility index (Phi) is 11.0. The number of hydrogen-bond donors (Lipinski definition) is 5. The first-order valence-corrected chi connectivity index (χ1v) is 8.98. The Balaban J connectivity index is 4.56. The van der Waals surface area contributed by atoms with Crippen LogP contribution in [0.4, 0.5) is 0 Å². The molecule has 0 aliphatic heterocycles. The maximum atomic E-state index is 12.0. The summed E-state index contributed by atoms with van der Waals surface area (Å²) in [5.41, 5.74) is 0. The molecule has 0 aromatic carbocycles. The molecule has 0 aromatic heterocycles. The third-order valence-corrected chi connectivity index (χ3v) is 3.63. The second kappa shape index (κ2) is 13.3. The molecule has 28 heavy (non-hydrogen) atoms. The highest BCUT2D eigenvalue weighted by molar-refractivity contribution is 5.88. The van der Waals surface area contributed by atoms with Crippen molar-refractivity contribution in [1.29, 1.82) is 0 Å². The highest BCUT2D eigenvalue weighted by atomic mass is 16.4. The fourth-order valence-corrected chi connectivity index (χ4v) is 2.10. The van der Waals surface area contributed by atoms with Crippen molar-refractivity contribution in [3.05, 3.63) is 12.2 Å². The Morgan fingerprint density at radius 1 is 1.00 bits per heavy atom. The van der Waals surface area contributed by atoms with Crippen LogP contribution in [0.1, 0.15) is 46.5 Å². The molecule has 0 rings (SSSR count). The SMILES string of the molecule is [2H]N(CC(=O)N[C@@H](C)C(=O)O)C(=O)CC[C@@H](NC(=O)C[C@@H](C)C=CCC)C(=O)O. The van der Waals surface area contributed by atoms with E-state index in [0.29, 0.717) is 5.31 Å². The predicted molar refractivity (Wildman–Crippen MR) is 100 cm³/mol. The molecule has 3 atom stereocenters. The zero-order valence-electron chi connectivity index (χ0n) is 17.3. The lowest BCUT2D eigenvalue weighted by Gasteiger charge is -2.15. The molecule has 0 radical (unpaired) electrons. The van der Waals surface area contributed by atoms with Crippen LogP contribution in [0.5, 0.6) is 0 Å². The molecule has 0 saturated carbocycles. The van der Waals surface area contributed by atoms with Gasteiger partial charge in [0.1, 0.15) is 12.1 Å². The number of hydrogen-bond acceptors (Lipinski definition) is 5. The predicted octanol–water partition coefficient (Wildman–Crippen LogP) is 0.0339. The second-order valence-electron chi connectivity index (χ2n) is 6.35. The lowest BCUT2D eigenvalue weighted by Crippen LogP contribution is -2.44. The monoisotopic (exact) mass is 400 g/mol. The molecule has 0 heterocycles. The van der Waals surface area contributed by atoms with Crippen molar-refractivity contribution in [2.24, 2.45) is 5.92 Å². The Morgan fingerprint density at radius 2 is 1.64 bits per heavy atom. The van der Waals surface area contributed by atoms with E-state index in [-0.39, 0.29) is 25.2 Å². The lowest BCUT2D eigenvalue weighted by molar-refractivity contribution is -0.142. The Hall–Kier alpha value is -2.91. The van der Waals surface area contributed by atoms with Crippen molar-refractivity contribution in [3.8, 4) is 0 Å². The third-order valence-electron chi connectivity index (χ3n) is 3.63. The van der Waals surface area contributed by atoms with Gasteiger partial charge in [0.2, 0.25) is 17.7 Å². The van der Waals surface area contributed by atoms with Gasteiger partial charge >= 0.3 is 11.9 Å². The van der Waals surface area contributed by atoms with E-state index in [1.165, 1.54) is 6.92 Å². The van der Waals surface area contributed by atoms with Gasteiger partial charge in [0.05, 0.1) is 6.54 Å². The van der Waals surface area contributed by atoms with Crippen LogP contribution < -0.4 is 15.9 Å². The zero-order chi connectivity index (χ0) is 22.6. The minimum atomic E-state index is -1.31. The number of allylic oxidation sites excluding steroid dienone is 2. The first kappa shape index (κ1) is 23.1. The first-order valence-electron chi connectivity index (χ1n) is 9.42. The smallest absolute Gasteiger partial charge is 0.326 e. The van der Waals surface area contributed by atoms with Crippen LogP contribution in [-0.4, -0.2) is 58.5 Å². The van der Waals surface area contributed by atoms with E-state index in [4.69, 9.17) is 6.52 Å². The van der Waals surface area contributed by atoms with E-state index in [2.05, 4.69) is 10.6 Å². The van der Waals surface area contributed by atoms with E-state index in [9.17, 15) is 29.1 Å². The number of carboxylic acid groups (broad SMARTS) is 2. The van der Waals surface area contributed by atoms with Crippen molar-refractivity contribution in [2.75, 3.05) is 6.54 Å². The number of aliphatic carboxylic acids is 2. The van der Waals surface area contributed by atoms with E-state index in [0.717, 1.165) is 6.42 Å². The van der Waals surface area contributed by atoms with Gasteiger partial charge in [-0.1, -0.05) is 26.0 Å². The summed E-state index contributed by atoms with van der Waals surface area (Å²) in [7, 11) is 0. The fraction of sp³-hybridized carbons (Fsp3) is 0.611. The second-order valence-corrected chi connectivity index (χ2v) is 6.35. The molecule has 10 nitrogen and oxygen atoms in total. The fourth-order valence-electron chi connectivity index (χ4n) is 2.10. The Labute approximate surface area is 165 Å². The van der Waals surface area contributed by atoms with Crippen LogP contribution in [0, 0.1) is 5.92 Å². The van der Waals surface area contributed by atoms with Crippen LogP contribution in [0.25, 0.3) is 0 Å². The van der Waals surface area contributed by atoms with Crippen LogP contribution >= 0.6 is 0 Å². The molecule has 0 unspecified atom stereocenters. The molecule has 5 N–H and O–H groups in total. The van der Waals surface area contributed by atoms with Crippen molar-refractivity contribution in [1.82, 2.24) is 15.9 Å². The van der Waals surface area contributed by atoms with E-state index in [1.807, 2.05) is 26.0 Å². The number of carbonyl (C=O) groups excluding carboxylic acids is 3. The Bertz CT molecular complexity index is 639. The van der Waals surface area contributed by atoms with Gasteiger partial charge in [0, 0.05) is 12.8 Å². The minimum Gasteiger partial charge on any atom is -0.480 e. The number of carboxylic acids is 2. The molecule has 0 aliphatic rings. The van der Waals surface area contributed by atoms with Crippen molar-refractivity contribution >= 4 is 29.7 Å². The standard InChI is InChI=1S/C18H29N3O7/c1-4-5-6-11(2)9-15(23)21-13(18(27)28)7-8-14(22)19-10-16(24)20-12(3)17(25)26/h5-6,11-13H,4,7-10H2,1-3H3,(H,19,22)(H,20,24)(H,21,23)(H,25,26)(H,27,28)/t11-,12-,13+/m0/s1/i/hD. The quantitative estimate of drug-likeness (QED) is 0.272. The molecular formula is C18H29N3O7. The zero-order valence-corrected chi connectivity index (χ0v) is 16.3. The largest absolute Gasteiger partial charge is 0.480 e. The normalized spacial score (nSPS) is 14.5. The summed E-state index contributed by atoms with van der Waals surface area (Å²) in [5, 5.41) is 22.7. The average molecular weight is 400 g/mol. The molecular weight excluding hydrogens is 370 g/mol. The van der Waals surface area contributed by atoms with Gasteiger partial charge in [-0.15, -0.1) is 0 Å². The molecule has 0 aliphatic carbocycles. The van der Waals surface area contributed by atoms with Crippen LogP contribution in [0.2, 0.25) is 1.41 Å². The average Bonchev–Trinajstić information content (AvgIpc) is 2.62. The van der Waals surface area contributed by atoms with Gasteiger partial charge in [-0.25, -0.2) is 4.79 Å². The van der Waals surface area contributed by atoms with Gasteiger partial charge in [0.25, 0.3) is 0 Å². The van der Waals surface area contributed by atoms with Gasteiger partial charge in [-0.05, 0) is 25.7 Å². The molecule has 3 amide bonds. The summed E-state index contributed by atoms with van der Waals surface area (Å²) in [6.45, 7) is 4.31. The number of carbonyl (C=O) groups is 5. The van der Waals surface area contributed by atoms with Crippen molar-refractivity contribution in [3.63, 3.8) is 0 Å². The van der Waals surface area contributed by atoms with Crippen molar-refractivity contribution < 1.29 is 35.6 Å². The van der Waals surface area contributed by atoms with Crippen LogP contribution in [-0.2, 0) is 24.0 Å². The molecule has 0 fully saturated rings. The molecule has 158 valence electrons. The highest BCUT2D eigenvalue weighted by Crippen LogP contribution is 2.06. The summed E-state index contributed by atoms with van der Waals surface area (Å²) in [6.07, 6.45) is 4.05. The Morgan fingerprint density at radius 3 is 2.18 bits per heavy atom. The number of nitrogens with one attached hydrogen (secondary N) is 3. The number of rotatable bonds is 13. The van der Waals surface area contributed by atoms with Crippen molar-refractivity contribution in [2.45, 2.75) is 58.5 Å². The molecule has 0 aromatic rings. The topological polar surface area (TPSA) is 162 Å². The summed E-state index contributed by atoms with van der Waals surface area (Å²) in [4.78, 5) is 57.5. The van der Waals surface area contributed by atoms with E-state index in [1.54, 1.807) is 0 Å². The van der Waals surface area contributed by atoms with Crippen LogP contribution in [0.3, 0.4) is 0 Å². The van der Waals surface area contributed by atoms with Gasteiger partial charge in [-0.3, -0.25) is 19.2 Å². The molecule has 0 spiro atoms. The molecule has 0 saturated heterocycles. The van der Waals surface area contributed by atoms with E-state index < -0.39 is 48.3 Å². The molecule has 10 heteroatoms. The van der Waals surface area contributed by atoms with Gasteiger partial charge < -0.3 is 26.2 Å². The maximum absolute atomic E-state index is 12.0. The van der Waals surface area contributed by atoms with Gasteiger partial charge in [-0.2, -0.15) is 0 Å². The summed E-state index contributed by atoms with van der Waals surface area (Å²) in [5.74, 6) is -4.78. The summed E-state index contributed by atoms with van der Waals surface area (Å²) < 4.78 is 7.54. The first-order chi connectivity index (χ1) is 13.5.